The van der Waals surface area contributed by atoms with Crippen LogP contribution >= 0.6 is 0 Å². The van der Waals surface area contributed by atoms with E-state index >= 15 is 0 Å². The molecule has 1 saturated heterocycles. The van der Waals surface area contributed by atoms with Crippen molar-refractivity contribution in [2.45, 2.75) is 32.6 Å². The van der Waals surface area contributed by atoms with Crippen molar-refractivity contribution in [1.82, 2.24) is 0 Å². The van der Waals surface area contributed by atoms with Crippen LogP contribution in [0.1, 0.15) is 38.2 Å². The molecule has 0 saturated carbocycles. The molecule has 2 aliphatic rings. The van der Waals surface area contributed by atoms with E-state index in [4.69, 9.17) is 0 Å². The molecule has 1 aliphatic heterocycles. The van der Waals surface area contributed by atoms with Gasteiger partial charge in [-0.3, -0.25) is 0 Å². The highest BCUT2D eigenvalue weighted by Crippen LogP contribution is 2.28. The minimum Gasteiger partial charge on any atom is -0.372 e. The molecule has 1 nitrogen and oxygen atoms in total. The zero-order valence-corrected chi connectivity index (χ0v) is 11.2. The van der Waals surface area contributed by atoms with Gasteiger partial charge in [-0.25, -0.2) is 0 Å². The number of anilines is 1. The lowest BCUT2D eigenvalue weighted by Crippen LogP contribution is -2.17. The first-order valence-corrected chi connectivity index (χ1v) is 7.06. The maximum absolute atomic E-state index is 2.49. The predicted molar refractivity (Wildman–Crippen MR) is 78.9 cm³/mol. The van der Waals surface area contributed by atoms with E-state index in [1.807, 2.05) is 0 Å². The Morgan fingerprint density at radius 2 is 1.72 bits per heavy atom. The van der Waals surface area contributed by atoms with Gasteiger partial charge in [-0.15, -0.1) is 0 Å². The first kappa shape index (κ1) is 11.6. The summed E-state index contributed by atoms with van der Waals surface area (Å²) in [5.74, 6) is 0. The molecule has 1 fully saturated rings. The van der Waals surface area contributed by atoms with Crippen molar-refractivity contribution >= 4 is 11.3 Å². The predicted octanol–water partition coefficient (Wildman–Crippen LogP) is 4.41. The Bertz CT molecular complexity index is 473. The molecule has 94 valence electrons. The summed E-state index contributed by atoms with van der Waals surface area (Å²) in [7, 11) is 0. The molecule has 18 heavy (non-hydrogen) atoms. The zero-order chi connectivity index (χ0) is 12.4. The average molecular weight is 239 g/mol. The Labute approximate surface area is 110 Å². The van der Waals surface area contributed by atoms with Crippen LogP contribution in [0.2, 0.25) is 0 Å². The van der Waals surface area contributed by atoms with E-state index in [0.717, 1.165) is 0 Å². The Kier molecular flexibility index (Phi) is 3.22. The van der Waals surface area contributed by atoms with Gasteiger partial charge in [0.1, 0.15) is 0 Å². The zero-order valence-electron chi connectivity index (χ0n) is 11.2. The van der Waals surface area contributed by atoms with E-state index in [0.29, 0.717) is 0 Å². The van der Waals surface area contributed by atoms with E-state index in [2.05, 4.69) is 48.2 Å². The van der Waals surface area contributed by atoms with Gasteiger partial charge in [-0.1, -0.05) is 29.9 Å². The summed E-state index contributed by atoms with van der Waals surface area (Å²) in [6, 6.07) is 9.15. The molecule has 1 aromatic rings. The Morgan fingerprint density at radius 1 is 1.00 bits per heavy atom. The molecule has 0 radical (unpaired) electrons. The molecular formula is C17H21N. The number of hydrogen-bond acceptors (Lipinski definition) is 1. The molecule has 1 aromatic carbocycles. The highest BCUT2D eigenvalue weighted by atomic mass is 15.1. The summed E-state index contributed by atoms with van der Waals surface area (Å²) in [6.07, 6.45) is 9.70. The molecule has 0 unspecified atom stereocenters. The molecule has 0 bridgehead atoms. The summed E-state index contributed by atoms with van der Waals surface area (Å²) in [5, 5.41) is 0. The molecule has 1 heterocycles. The monoisotopic (exact) mass is 239 g/mol. The van der Waals surface area contributed by atoms with Crippen LogP contribution in [0.5, 0.6) is 0 Å². The number of benzene rings is 1. The fourth-order valence-corrected chi connectivity index (χ4v) is 2.95. The molecule has 0 spiro atoms. The molecular weight excluding hydrogens is 218 g/mol. The molecule has 0 amide bonds. The fourth-order valence-electron chi connectivity index (χ4n) is 2.95. The maximum atomic E-state index is 2.49. The van der Waals surface area contributed by atoms with Gasteiger partial charge in [0.2, 0.25) is 0 Å². The number of hydrogen-bond donors (Lipinski definition) is 0. The first-order valence-electron chi connectivity index (χ1n) is 7.06. The minimum atomic E-state index is 1.18. The van der Waals surface area contributed by atoms with Gasteiger partial charge in [0, 0.05) is 18.8 Å². The average Bonchev–Trinajstić information content (AvgIpc) is 2.93. The topological polar surface area (TPSA) is 3.24 Å². The van der Waals surface area contributed by atoms with Crippen molar-refractivity contribution in [2.75, 3.05) is 18.0 Å². The van der Waals surface area contributed by atoms with E-state index < -0.39 is 0 Å². The fraction of sp³-hybridized carbons (Fsp3) is 0.412. The standard InChI is InChI=1S/C17H21N/c1-14-5-4-6-16(13-14)15-7-9-17(10-8-15)18-11-2-3-12-18/h5,7-10,13H,2-4,6,11-12H2,1H3. The Morgan fingerprint density at radius 3 is 2.39 bits per heavy atom. The van der Waals surface area contributed by atoms with Gasteiger partial charge in [0.25, 0.3) is 0 Å². The molecule has 3 rings (SSSR count). The summed E-state index contributed by atoms with van der Waals surface area (Å²) in [4.78, 5) is 2.49. The second-order valence-corrected chi connectivity index (χ2v) is 5.40. The summed E-state index contributed by atoms with van der Waals surface area (Å²) in [5.41, 5.74) is 5.67. The molecule has 0 aromatic heterocycles. The minimum absolute atomic E-state index is 1.18. The summed E-state index contributed by atoms with van der Waals surface area (Å²) in [6.45, 7) is 4.64. The molecule has 0 N–H and O–H groups in total. The van der Waals surface area contributed by atoms with Gasteiger partial charge in [0.05, 0.1) is 0 Å². The number of nitrogens with zero attached hydrogens (tertiary/aromatic N) is 1. The third kappa shape index (κ3) is 2.35. The van der Waals surface area contributed by atoms with Gasteiger partial charge < -0.3 is 4.90 Å². The van der Waals surface area contributed by atoms with E-state index in [-0.39, 0.29) is 0 Å². The lowest BCUT2D eigenvalue weighted by molar-refractivity contribution is 0.949. The third-order valence-corrected chi connectivity index (χ3v) is 3.99. The second-order valence-electron chi connectivity index (χ2n) is 5.40. The lowest BCUT2D eigenvalue weighted by Gasteiger charge is -2.18. The lowest BCUT2D eigenvalue weighted by atomic mass is 9.94. The second kappa shape index (κ2) is 5.01. The molecule has 0 atom stereocenters. The molecule has 1 aliphatic carbocycles. The molecule has 1 heteroatoms. The normalized spacial score (nSPS) is 19.7. The van der Waals surface area contributed by atoms with Gasteiger partial charge >= 0.3 is 0 Å². The van der Waals surface area contributed by atoms with Crippen LogP contribution in [0.3, 0.4) is 0 Å². The van der Waals surface area contributed by atoms with Crippen molar-refractivity contribution in [3.05, 3.63) is 47.6 Å². The van der Waals surface area contributed by atoms with E-state index in [9.17, 15) is 0 Å². The van der Waals surface area contributed by atoms with Gasteiger partial charge in [-0.2, -0.15) is 0 Å². The summed E-state index contributed by atoms with van der Waals surface area (Å²) < 4.78 is 0. The number of rotatable bonds is 2. The smallest absolute Gasteiger partial charge is 0.0366 e. The van der Waals surface area contributed by atoms with Crippen LogP contribution in [0, 0.1) is 0 Å². The largest absolute Gasteiger partial charge is 0.372 e. The Balaban J connectivity index is 1.80. The van der Waals surface area contributed by atoms with E-state index in [1.54, 1.807) is 0 Å². The van der Waals surface area contributed by atoms with Gasteiger partial charge in [0.15, 0.2) is 0 Å². The van der Waals surface area contributed by atoms with Crippen LogP contribution in [0.4, 0.5) is 5.69 Å². The van der Waals surface area contributed by atoms with Crippen LogP contribution in [0.15, 0.2) is 42.0 Å². The van der Waals surface area contributed by atoms with Crippen LogP contribution in [-0.4, -0.2) is 13.1 Å². The van der Waals surface area contributed by atoms with E-state index in [1.165, 1.54) is 61.2 Å². The summed E-state index contributed by atoms with van der Waals surface area (Å²) >= 11 is 0. The highest BCUT2D eigenvalue weighted by molar-refractivity contribution is 5.70. The first-order chi connectivity index (χ1) is 8.83. The van der Waals surface area contributed by atoms with Crippen molar-refractivity contribution in [1.29, 1.82) is 0 Å². The third-order valence-electron chi connectivity index (χ3n) is 3.99. The quantitative estimate of drug-likeness (QED) is 0.739. The Hall–Kier alpha value is -1.50. The van der Waals surface area contributed by atoms with Crippen molar-refractivity contribution < 1.29 is 0 Å². The van der Waals surface area contributed by atoms with Crippen LogP contribution in [0.25, 0.3) is 5.57 Å². The van der Waals surface area contributed by atoms with Crippen molar-refractivity contribution in [3.8, 4) is 0 Å². The SMILES string of the molecule is CC1=CCCC(c2ccc(N3CCCC3)cc2)=C1. The maximum Gasteiger partial charge on any atom is 0.0366 e. The van der Waals surface area contributed by atoms with Crippen molar-refractivity contribution in [2.24, 2.45) is 0 Å². The van der Waals surface area contributed by atoms with Crippen LogP contribution < -0.4 is 4.90 Å². The highest BCUT2D eigenvalue weighted by Gasteiger charge is 2.12. The van der Waals surface area contributed by atoms with Crippen molar-refractivity contribution in [3.63, 3.8) is 0 Å². The number of allylic oxidation sites excluding steroid dienone is 4. The van der Waals surface area contributed by atoms with Gasteiger partial charge in [-0.05, 0) is 55.9 Å². The van der Waals surface area contributed by atoms with Crippen LogP contribution in [-0.2, 0) is 0 Å².